The van der Waals surface area contributed by atoms with Gasteiger partial charge in [-0.3, -0.25) is 9.59 Å². The summed E-state index contributed by atoms with van der Waals surface area (Å²) in [4.78, 5) is 28.6. The van der Waals surface area contributed by atoms with E-state index in [1.54, 1.807) is 30.3 Å². The predicted octanol–water partition coefficient (Wildman–Crippen LogP) is 2.99. The first kappa shape index (κ1) is 27.9. The predicted molar refractivity (Wildman–Crippen MR) is 146 cm³/mol. The number of carbonyl (C=O) groups is 2. The molecule has 0 spiro atoms. The van der Waals surface area contributed by atoms with Crippen molar-refractivity contribution in [1.82, 2.24) is 14.5 Å². The smallest absolute Gasteiger partial charge is 0.304 e. The molecule has 3 rings (SSSR count). The fourth-order valence-electron chi connectivity index (χ4n) is 4.04. The second kappa shape index (κ2) is 12.5. The van der Waals surface area contributed by atoms with Gasteiger partial charge in [0.1, 0.15) is 12.6 Å². The zero-order valence-electron chi connectivity index (χ0n) is 21.7. The van der Waals surface area contributed by atoms with Crippen LogP contribution in [0.1, 0.15) is 16.7 Å². The van der Waals surface area contributed by atoms with Crippen molar-refractivity contribution in [3.8, 4) is 0 Å². The topological polar surface area (TPSA) is 90.0 Å². The van der Waals surface area contributed by atoms with Crippen molar-refractivity contribution >= 4 is 27.7 Å². The Bertz CT molecular complexity index is 1300. The minimum atomic E-state index is -3.99. The van der Waals surface area contributed by atoms with Gasteiger partial charge in [-0.1, -0.05) is 78.4 Å². The summed E-state index contributed by atoms with van der Waals surface area (Å²) >= 11 is 0. The number of nitrogens with one attached hydrogen (secondary N) is 1. The molecule has 196 valence electrons. The fraction of sp³-hybridized carbons (Fsp3) is 0.286. The van der Waals surface area contributed by atoms with Crippen LogP contribution >= 0.6 is 0 Å². The van der Waals surface area contributed by atoms with Gasteiger partial charge in [-0.15, -0.1) is 0 Å². The summed E-state index contributed by atoms with van der Waals surface area (Å²) in [7, 11) is 0.377. The molecule has 0 fully saturated rings. The molecule has 0 heterocycles. The largest absolute Gasteiger partial charge is 0.357 e. The molecule has 3 aromatic carbocycles. The molecule has 8 nitrogen and oxygen atoms in total. The highest BCUT2D eigenvalue weighted by molar-refractivity contribution is 7.90. The third kappa shape index (κ3) is 7.18. The van der Waals surface area contributed by atoms with E-state index in [2.05, 4.69) is 5.32 Å². The number of likely N-dealkylation sites (N-methyl/N-ethyl adjacent to an activating group) is 1. The van der Waals surface area contributed by atoms with Crippen molar-refractivity contribution in [3.05, 3.63) is 102 Å². The monoisotopic (exact) mass is 522 g/mol. The molecule has 0 aliphatic rings. The molecule has 0 radical (unpaired) electrons. The van der Waals surface area contributed by atoms with Crippen molar-refractivity contribution in [3.63, 3.8) is 0 Å². The van der Waals surface area contributed by atoms with Gasteiger partial charge in [0.2, 0.25) is 11.8 Å². The third-order valence-electron chi connectivity index (χ3n) is 6.02. The molecule has 0 aliphatic carbocycles. The van der Waals surface area contributed by atoms with Gasteiger partial charge in [-0.05, 0) is 30.2 Å². The Balaban J connectivity index is 2.05. The highest BCUT2D eigenvalue weighted by atomic mass is 32.2. The van der Waals surface area contributed by atoms with E-state index in [1.807, 2.05) is 61.5 Å². The van der Waals surface area contributed by atoms with Crippen molar-refractivity contribution in [2.45, 2.75) is 25.9 Å². The first-order valence-electron chi connectivity index (χ1n) is 12.0. The number of rotatable bonds is 11. The Hall–Kier alpha value is -3.69. The maximum Gasteiger partial charge on any atom is 0.304 e. The molecule has 9 heteroatoms. The van der Waals surface area contributed by atoms with Crippen molar-refractivity contribution in [2.24, 2.45) is 0 Å². The second-order valence-electron chi connectivity index (χ2n) is 8.96. The van der Waals surface area contributed by atoms with Gasteiger partial charge in [0, 0.05) is 34.1 Å². The lowest BCUT2D eigenvalue weighted by Gasteiger charge is -2.34. The van der Waals surface area contributed by atoms with Crippen LogP contribution in [0.15, 0.2) is 84.9 Å². The summed E-state index contributed by atoms with van der Waals surface area (Å²) < 4.78 is 28.6. The van der Waals surface area contributed by atoms with E-state index in [0.29, 0.717) is 5.69 Å². The van der Waals surface area contributed by atoms with Gasteiger partial charge in [0.05, 0.1) is 5.69 Å². The maximum atomic E-state index is 14.0. The summed E-state index contributed by atoms with van der Waals surface area (Å²) in [5.41, 5.74) is 3.11. The number of benzene rings is 3. The van der Waals surface area contributed by atoms with Gasteiger partial charge in [-0.2, -0.15) is 12.7 Å². The summed E-state index contributed by atoms with van der Waals surface area (Å²) in [6.45, 7) is 1.64. The maximum absolute atomic E-state index is 14.0. The standard InChI is InChI=1S/C28H34N4O4S/c1-22-12-11-15-24(18-22)20-31(26(28(34)29-2)19-23-13-7-5-8-14-23)27(33)21-32(37(35,36)30(3)4)25-16-9-6-10-17-25/h5-18,26H,19-21H2,1-4H3,(H,29,34)/t26-/m1/s1. The Kier molecular flexibility index (Phi) is 9.43. The summed E-state index contributed by atoms with van der Waals surface area (Å²) in [5.74, 6) is -0.813. The van der Waals surface area contributed by atoms with Crippen LogP contribution in [0.4, 0.5) is 5.69 Å². The van der Waals surface area contributed by atoms with Gasteiger partial charge in [-0.25, -0.2) is 4.31 Å². The lowest BCUT2D eigenvalue weighted by atomic mass is 10.0. The Morgan fingerprint density at radius 1 is 0.865 bits per heavy atom. The normalized spacial score (nSPS) is 12.1. The lowest BCUT2D eigenvalue weighted by Crippen LogP contribution is -2.53. The Morgan fingerprint density at radius 3 is 2.03 bits per heavy atom. The minimum absolute atomic E-state index is 0.149. The van der Waals surface area contributed by atoms with Crippen LogP contribution in [-0.4, -0.2) is 63.2 Å². The average molecular weight is 523 g/mol. The van der Waals surface area contributed by atoms with Crippen LogP contribution in [0.2, 0.25) is 0 Å². The first-order chi connectivity index (χ1) is 17.6. The highest BCUT2D eigenvalue weighted by Gasteiger charge is 2.34. The number of amides is 2. The molecule has 37 heavy (non-hydrogen) atoms. The second-order valence-corrected chi connectivity index (χ2v) is 11.0. The molecular weight excluding hydrogens is 488 g/mol. The number of nitrogens with zero attached hydrogens (tertiary/aromatic N) is 3. The quantitative estimate of drug-likeness (QED) is 0.419. The van der Waals surface area contributed by atoms with Gasteiger partial charge < -0.3 is 10.2 Å². The van der Waals surface area contributed by atoms with E-state index in [1.165, 1.54) is 26.0 Å². The van der Waals surface area contributed by atoms with E-state index in [-0.39, 0.29) is 18.9 Å². The Morgan fingerprint density at radius 2 is 1.46 bits per heavy atom. The molecule has 0 saturated heterocycles. The molecule has 0 aromatic heterocycles. The summed E-state index contributed by atoms with van der Waals surface area (Å²) in [6, 6.07) is 24.8. The molecule has 0 saturated carbocycles. The summed E-state index contributed by atoms with van der Waals surface area (Å²) in [5, 5.41) is 2.68. The van der Waals surface area contributed by atoms with E-state index >= 15 is 0 Å². The molecule has 1 atom stereocenters. The number of carbonyl (C=O) groups excluding carboxylic acids is 2. The number of hydrogen-bond acceptors (Lipinski definition) is 4. The number of hydrogen-bond donors (Lipinski definition) is 1. The van der Waals surface area contributed by atoms with Gasteiger partial charge in [0.15, 0.2) is 0 Å². The molecule has 3 aromatic rings. The van der Waals surface area contributed by atoms with Crippen molar-refractivity contribution in [2.75, 3.05) is 32.0 Å². The molecule has 0 bridgehead atoms. The minimum Gasteiger partial charge on any atom is -0.357 e. The van der Waals surface area contributed by atoms with Crippen LogP contribution in [0.5, 0.6) is 0 Å². The molecular formula is C28H34N4O4S. The zero-order chi connectivity index (χ0) is 27.0. The van der Waals surface area contributed by atoms with Crippen molar-refractivity contribution < 1.29 is 18.0 Å². The lowest BCUT2D eigenvalue weighted by molar-refractivity contribution is -0.139. The number of anilines is 1. The number of para-hydroxylation sites is 1. The van der Waals surface area contributed by atoms with E-state index in [0.717, 1.165) is 25.3 Å². The number of aryl methyl sites for hydroxylation is 1. The van der Waals surface area contributed by atoms with E-state index in [4.69, 9.17) is 0 Å². The molecule has 1 N–H and O–H groups in total. The average Bonchev–Trinajstić information content (AvgIpc) is 2.89. The third-order valence-corrected chi connectivity index (χ3v) is 7.84. The van der Waals surface area contributed by atoms with Gasteiger partial charge >= 0.3 is 10.2 Å². The SMILES string of the molecule is CNC(=O)[C@@H](Cc1ccccc1)N(Cc1cccc(C)c1)C(=O)CN(c1ccccc1)S(=O)(=O)N(C)C. The van der Waals surface area contributed by atoms with E-state index < -0.39 is 28.7 Å². The van der Waals surface area contributed by atoms with Crippen LogP contribution in [-0.2, 0) is 32.8 Å². The Labute approximate surface area is 219 Å². The summed E-state index contributed by atoms with van der Waals surface area (Å²) in [6.07, 6.45) is 0.282. The van der Waals surface area contributed by atoms with Gasteiger partial charge in [0.25, 0.3) is 0 Å². The zero-order valence-corrected chi connectivity index (χ0v) is 22.5. The molecule has 0 aliphatic heterocycles. The molecule has 2 amide bonds. The van der Waals surface area contributed by atoms with Crippen LogP contribution < -0.4 is 9.62 Å². The van der Waals surface area contributed by atoms with Crippen LogP contribution in [0.3, 0.4) is 0 Å². The first-order valence-corrected chi connectivity index (χ1v) is 13.4. The van der Waals surface area contributed by atoms with Crippen LogP contribution in [0.25, 0.3) is 0 Å². The fourth-order valence-corrected chi connectivity index (χ4v) is 5.09. The van der Waals surface area contributed by atoms with E-state index in [9.17, 15) is 18.0 Å². The van der Waals surface area contributed by atoms with Crippen LogP contribution in [0, 0.1) is 6.92 Å². The molecule has 0 unspecified atom stereocenters. The van der Waals surface area contributed by atoms with Crippen molar-refractivity contribution in [1.29, 1.82) is 0 Å². The highest BCUT2D eigenvalue weighted by Crippen LogP contribution is 2.21.